The quantitative estimate of drug-likeness (QED) is 0.648. The van der Waals surface area contributed by atoms with Crippen molar-refractivity contribution in [2.75, 3.05) is 46.3 Å². The molecule has 0 unspecified atom stereocenters. The number of nitrogens with one attached hydrogen (secondary N) is 1. The van der Waals surface area contributed by atoms with Crippen molar-refractivity contribution in [3.63, 3.8) is 0 Å². The van der Waals surface area contributed by atoms with Gasteiger partial charge in [0.15, 0.2) is 0 Å². The van der Waals surface area contributed by atoms with Crippen molar-refractivity contribution < 1.29 is 19.0 Å². The van der Waals surface area contributed by atoms with E-state index in [2.05, 4.69) is 5.32 Å². The predicted octanol–water partition coefficient (Wildman–Crippen LogP) is 3.35. The molecule has 0 fully saturated rings. The van der Waals surface area contributed by atoms with E-state index >= 15 is 0 Å². The Hall–Kier alpha value is -2.73. The number of ether oxygens (including phenoxy) is 3. The minimum atomic E-state index is -0.108. The maximum atomic E-state index is 12.3. The van der Waals surface area contributed by atoms with E-state index in [9.17, 15) is 4.79 Å². The van der Waals surface area contributed by atoms with Crippen molar-refractivity contribution in [2.24, 2.45) is 0 Å². The first-order valence-corrected chi connectivity index (χ1v) is 8.92. The molecule has 1 amide bonds. The number of hydrogen-bond donors (Lipinski definition) is 1. The second kappa shape index (κ2) is 10.4. The molecule has 0 spiro atoms. The van der Waals surface area contributed by atoms with Gasteiger partial charge in [-0.05, 0) is 44.2 Å². The van der Waals surface area contributed by atoms with Gasteiger partial charge in [-0.1, -0.05) is 18.2 Å². The summed E-state index contributed by atoms with van der Waals surface area (Å²) in [4.78, 5) is 14.3. The molecular formula is C21H28N2O4. The normalized spacial score (nSPS) is 10.6. The predicted molar refractivity (Wildman–Crippen MR) is 107 cm³/mol. The van der Waals surface area contributed by atoms with Crippen LogP contribution in [0, 0.1) is 6.92 Å². The van der Waals surface area contributed by atoms with Crippen molar-refractivity contribution in [3.05, 3.63) is 48.0 Å². The van der Waals surface area contributed by atoms with Crippen LogP contribution in [0.4, 0.5) is 5.69 Å². The third-order valence-electron chi connectivity index (χ3n) is 4.13. The highest BCUT2D eigenvalue weighted by atomic mass is 16.5. The molecule has 0 atom stereocenters. The van der Waals surface area contributed by atoms with E-state index in [-0.39, 0.29) is 12.5 Å². The van der Waals surface area contributed by atoms with Crippen LogP contribution in [0.3, 0.4) is 0 Å². The van der Waals surface area contributed by atoms with Gasteiger partial charge in [-0.3, -0.25) is 9.69 Å². The Kier molecular flexibility index (Phi) is 7.95. The molecular weight excluding hydrogens is 344 g/mol. The van der Waals surface area contributed by atoms with Crippen LogP contribution in [-0.4, -0.2) is 51.8 Å². The topological polar surface area (TPSA) is 60.0 Å². The van der Waals surface area contributed by atoms with Gasteiger partial charge in [-0.2, -0.15) is 0 Å². The maximum Gasteiger partial charge on any atom is 0.238 e. The fourth-order valence-electron chi connectivity index (χ4n) is 2.66. The number of aryl methyl sites for hydroxylation is 1. The standard InChI is InChI=1S/C21H28N2O4/c1-16-8-5-6-9-19(16)27-13-7-12-23(2)15-21(24)22-18-14-17(25-3)10-11-20(18)26-4/h5-6,8-11,14H,7,12-13,15H2,1-4H3,(H,22,24). The molecule has 0 aromatic heterocycles. The number of amides is 1. The van der Waals surface area contributed by atoms with Gasteiger partial charge in [0.25, 0.3) is 0 Å². The number of anilines is 1. The summed E-state index contributed by atoms with van der Waals surface area (Å²) >= 11 is 0. The van der Waals surface area contributed by atoms with E-state index in [0.717, 1.165) is 24.3 Å². The summed E-state index contributed by atoms with van der Waals surface area (Å²) in [5, 5.41) is 2.87. The summed E-state index contributed by atoms with van der Waals surface area (Å²) in [5.74, 6) is 2.05. The van der Waals surface area contributed by atoms with Crippen molar-refractivity contribution in [3.8, 4) is 17.2 Å². The van der Waals surface area contributed by atoms with Gasteiger partial charge >= 0.3 is 0 Å². The van der Waals surface area contributed by atoms with Gasteiger partial charge in [-0.25, -0.2) is 0 Å². The van der Waals surface area contributed by atoms with Crippen molar-refractivity contribution >= 4 is 11.6 Å². The Labute approximate surface area is 161 Å². The molecule has 0 aliphatic rings. The van der Waals surface area contributed by atoms with Crippen LogP contribution in [0.5, 0.6) is 17.2 Å². The molecule has 146 valence electrons. The lowest BCUT2D eigenvalue weighted by Crippen LogP contribution is -2.31. The Morgan fingerprint density at radius 1 is 1.07 bits per heavy atom. The SMILES string of the molecule is COc1ccc(OC)c(NC(=O)CN(C)CCCOc2ccccc2C)c1. The Morgan fingerprint density at radius 3 is 2.56 bits per heavy atom. The Bertz CT molecular complexity index is 749. The number of rotatable bonds is 10. The molecule has 0 bridgehead atoms. The lowest BCUT2D eigenvalue weighted by molar-refractivity contribution is -0.117. The van der Waals surface area contributed by atoms with Gasteiger partial charge in [0.05, 0.1) is 33.1 Å². The smallest absolute Gasteiger partial charge is 0.238 e. The molecule has 0 saturated heterocycles. The first-order chi connectivity index (χ1) is 13.0. The molecule has 6 heteroatoms. The molecule has 0 saturated carbocycles. The van der Waals surface area contributed by atoms with Crippen LogP contribution < -0.4 is 19.5 Å². The number of para-hydroxylation sites is 1. The summed E-state index contributed by atoms with van der Waals surface area (Å²) in [6.07, 6.45) is 0.834. The van der Waals surface area contributed by atoms with Gasteiger partial charge in [0.2, 0.25) is 5.91 Å². The number of benzene rings is 2. The average Bonchev–Trinajstić information content (AvgIpc) is 2.66. The summed E-state index contributed by atoms with van der Waals surface area (Å²) in [7, 11) is 5.06. The number of likely N-dealkylation sites (N-methyl/N-ethyl adjacent to an activating group) is 1. The second-order valence-corrected chi connectivity index (χ2v) is 6.32. The Morgan fingerprint density at radius 2 is 1.85 bits per heavy atom. The number of methoxy groups -OCH3 is 2. The zero-order valence-electron chi connectivity index (χ0n) is 16.5. The molecule has 0 heterocycles. The fraction of sp³-hybridized carbons (Fsp3) is 0.381. The van der Waals surface area contributed by atoms with E-state index in [1.54, 1.807) is 32.4 Å². The van der Waals surface area contributed by atoms with Crippen LogP contribution in [0.2, 0.25) is 0 Å². The fourth-order valence-corrected chi connectivity index (χ4v) is 2.66. The first-order valence-electron chi connectivity index (χ1n) is 8.92. The van der Waals surface area contributed by atoms with Gasteiger partial charge in [0, 0.05) is 12.6 Å². The third kappa shape index (κ3) is 6.49. The molecule has 0 aliphatic carbocycles. The van der Waals surface area contributed by atoms with Crippen LogP contribution in [0.1, 0.15) is 12.0 Å². The number of hydrogen-bond acceptors (Lipinski definition) is 5. The molecule has 6 nitrogen and oxygen atoms in total. The van der Waals surface area contributed by atoms with E-state index in [1.165, 1.54) is 0 Å². The van der Waals surface area contributed by atoms with Gasteiger partial charge in [-0.15, -0.1) is 0 Å². The van der Waals surface area contributed by atoms with Crippen LogP contribution in [0.25, 0.3) is 0 Å². The third-order valence-corrected chi connectivity index (χ3v) is 4.13. The zero-order chi connectivity index (χ0) is 19.6. The summed E-state index contributed by atoms with van der Waals surface area (Å²) in [6, 6.07) is 13.2. The van der Waals surface area contributed by atoms with Crippen LogP contribution in [-0.2, 0) is 4.79 Å². The Balaban J connectivity index is 1.76. The molecule has 0 radical (unpaired) electrons. The second-order valence-electron chi connectivity index (χ2n) is 6.32. The average molecular weight is 372 g/mol. The lowest BCUT2D eigenvalue weighted by Gasteiger charge is -2.17. The van der Waals surface area contributed by atoms with Crippen molar-refractivity contribution in [1.29, 1.82) is 0 Å². The molecule has 2 aromatic carbocycles. The zero-order valence-corrected chi connectivity index (χ0v) is 16.5. The molecule has 0 aliphatic heterocycles. The molecule has 1 N–H and O–H groups in total. The maximum absolute atomic E-state index is 12.3. The van der Waals surface area contributed by atoms with Crippen LogP contribution >= 0.6 is 0 Å². The van der Waals surface area contributed by atoms with Crippen molar-refractivity contribution in [1.82, 2.24) is 4.90 Å². The van der Waals surface area contributed by atoms with Gasteiger partial charge in [0.1, 0.15) is 17.2 Å². The number of nitrogens with zero attached hydrogens (tertiary/aromatic N) is 1. The highest BCUT2D eigenvalue weighted by Crippen LogP contribution is 2.28. The number of carbonyl (C=O) groups excluding carboxylic acids is 1. The number of carbonyl (C=O) groups is 1. The molecule has 2 rings (SSSR count). The van der Waals surface area contributed by atoms with E-state index in [0.29, 0.717) is 23.8 Å². The highest BCUT2D eigenvalue weighted by Gasteiger charge is 2.11. The van der Waals surface area contributed by atoms with E-state index < -0.39 is 0 Å². The molecule has 27 heavy (non-hydrogen) atoms. The minimum Gasteiger partial charge on any atom is -0.497 e. The van der Waals surface area contributed by atoms with Crippen LogP contribution in [0.15, 0.2) is 42.5 Å². The van der Waals surface area contributed by atoms with E-state index in [1.807, 2.05) is 43.1 Å². The lowest BCUT2D eigenvalue weighted by atomic mass is 10.2. The first kappa shape index (κ1) is 20.6. The monoisotopic (exact) mass is 372 g/mol. The summed E-state index contributed by atoms with van der Waals surface area (Å²) < 4.78 is 16.3. The molecule has 2 aromatic rings. The van der Waals surface area contributed by atoms with Crippen molar-refractivity contribution in [2.45, 2.75) is 13.3 Å². The van der Waals surface area contributed by atoms with Gasteiger partial charge < -0.3 is 19.5 Å². The highest BCUT2D eigenvalue weighted by molar-refractivity contribution is 5.93. The summed E-state index contributed by atoms with van der Waals surface area (Å²) in [5.41, 5.74) is 1.72. The minimum absolute atomic E-state index is 0.108. The summed E-state index contributed by atoms with van der Waals surface area (Å²) in [6.45, 7) is 3.68. The van der Waals surface area contributed by atoms with E-state index in [4.69, 9.17) is 14.2 Å². The largest absolute Gasteiger partial charge is 0.497 e.